The number of nitrogens with zero attached hydrogens (tertiary/aromatic N) is 3. The SMILES string of the molecule is O=[N+]([O-])c1ccc2c(c1)C(=C1Sc3ccccc3S1)c1cc([N+](=O)[O-])cc([N+](=O)[O-])c1-2. The molecule has 11 heteroatoms. The zero-order valence-corrected chi connectivity index (χ0v) is 16.9. The van der Waals surface area contributed by atoms with Crippen LogP contribution in [-0.4, -0.2) is 14.8 Å². The number of non-ortho nitro benzene ring substituents is 2. The van der Waals surface area contributed by atoms with Crippen LogP contribution in [-0.2, 0) is 0 Å². The zero-order valence-electron chi connectivity index (χ0n) is 15.3. The van der Waals surface area contributed by atoms with Crippen LogP contribution < -0.4 is 0 Å². The highest BCUT2D eigenvalue weighted by Crippen LogP contribution is 2.60. The maximum absolute atomic E-state index is 11.8. The first-order valence-corrected chi connectivity index (χ1v) is 10.4. The molecule has 152 valence electrons. The van der Waals surface area contributed by atoms with Gasteiger partial charge in [-0.3, -0.25) is 30.3 Å². The first-order valence-electron chi connectivity index (χ1n) is 8.80. The highest BCUT2D eigenvalue weighted by Gasteiger charge is 2.37. The highest BCUT2D eigenvalue weighted by atomic mass is 32.2. The molecule has 0 radical (unpaired) electrons. The summed E-state index contributed by atoms with van der Waals surface area (Å²) >= 11 is 2.87. The molecule has 0 fully saturated rings. The second kappa shape index (κ2) is 6.93. The third kappa shape index (κ3) is 2.97. The molecule has 3 aromatic rings. The number of nitro groups is 3. The van der Waals surface area contributed by atoms with Crippen molar-refractivity contribution < 1.29 is 14.8 Å². The Kier molecular flexibility index (Phi) is 4.31. The van der Waals surface area contributed by atoms with E-state index in [0.717, 1.165) is 20.1 Å². The molecular weight excluding hydrogens is 442 g/mol. The number of thioether (sulfide) groups is 2. The average molecular weight is 451 g/mol. The highest BCUT2D eigenvalue weighted by molar-refractivity contribution is 8.25. The molecule has 1 aliphatic carbocycles. The molecule has 1 heterocycles. The summed E-state index contributed by atoms with van der Waals surface area (Å²) in [5.41, 5.74) is 1.03. The molecular formula is C20H9N3O6S2. The Hall–Kier alpha value is -3.70. The van der Waals surface area contributed by atoms with Crippen LogP contribution in [0, 0.1) is 30.3 Å². The molecule has 0 bridgehead atoms. The lowest BCUT2D eigenvalue weighted by atomic mass is 10.0. The molecule has 9 nitrogen and oxygen atoms in total. The number of hydrogen-bond donors (Lipinski definition) is 0. The Morgan fingerprint density at radius 3 is 1.84 bits per heavy atom. The van der Waals surface area contributed by atoms with Gasteiger partial charge in [0, 0.05) is 39.1 Å². The van der Waals surface area contributed by atoms with Gasteiger partial charge in [-0.1, -0.05) is 35.7 Å². The third-order valence-electron chi connectivity index (χ3n) is 4.99. The van der Waals surface area contributed by atoms with Gasteiger partial charge < -0.3 is 0 Å². The Morgan fingerprint density at radius 2 is 1.26 bits per heavy atom. The van der Waals surface area contributed by atoms with Crippen LogP contribution in [0.5, 0.6) is 0 Å². The second-order valence-electron chi connectivity index (χ2n) is 6.70. The first kappa shape index (κ1) is 19.3. The molecule has 0 aromatic heterocycles. The average Bonchev–Trinajstić information content (AvgIpc) is 3.30. The molecule has 3 aromatic carbocycles. The van der Waals surface area contributed by atoms with Gasteiger partial charge in [-0.25, -0.2) is 0 Å². The number of benzene rings is 3. The van der Waals surface area contributed by atoms with Gasteiger partial charge in [-0.2, -0.15) is 0 Å². The fourth-order valence-electron chi connectivity index (χ4n) is 3.72. The number of fused-ring (bicyclic) bond motifs is 4. The van der Waals surface area contributed by atoms with Crippen molar-refractivity contribution in [3.8, 4) is 11.1 Å². The van der Waals surface area contributed by atoms with Crippen molar-refractivity contribution in [1.82, 2.24) is 0 Å². The van der Waals surface area contributed by atoms with E-state index in [1.165, 1.54) is 47.8 Å². The summed E-state index contributed by atoms with van der Waals surface area (Å²) in [7, 11) is 0. The van der Waals surface area contributed by atoms with Gasteiger partial charge in [0.05, 0.1) is 30.6 Å². The zero-order chi connectivity index (χ0) is 21.9. The van der Waals surface area contributed by atoms with Gasteiger partial charge in [-0.15, -0.1) is 0 Å². The summed E-state index contributed by atoms with van der Waals surface area (Å²) in [5, 5.41) is 34.6. The molecule has 0 saturated heterocycles. The lowest BCUT2D eigenvalue weighted by Gasteiger charge is -2.07. The van der Waals surface area contributed by atoms with Crippen molar-refractivity contribution in [1.29, 1.82) is 0 Å². The quantitative estimate of drug-likeness (QED) is 0.274. The summed E-state index contributed by atoms with van der Waals surface area (Å²) in [4.78, 5) is 34.7. The lowest BCUT2D eigenvalue weighted by Crippen LogP contribution is -1.96. The van der Waals surface area contributed by atoms with Crippen molar-refractivity contribution in [2.75, 3.05) is 0 Å². The summed E-state index contributed by atoms with van der Waals surface area (Å²) < 4.78 is 0.761. The minimum Gasteiger partial charge on any atom is -0.258 e. The van der Waals surface area contributed by atoms with Gasteiger partial charge >= 0.3 is 0 Å². The van der Waals surface area contributed by atoms with Crippen LogP contribution in [0.4, 0.5) is 17.1 Å². The Morgan fingerprint density at radius 1 is 0.645 bits per heavy atom. The van der Waals surface area contributed by atoms with Crippen LogP contribution in [0.15, 0.2) is 68.6 Å². The minimum atomic E-state index is -0.676. The molecule has 0 spiro atoms. The van der Waals surface area contributed by atoms with Crippen LogP contribution in [0.25, 0.3) is 16.7 Å². The minimum absolute atomic E-state index is 0.160. The smallest absolute Gasteiger partial charge is 0.258 e. The Balaban J connectivity index is 1.86. The molecule has 0 saturated carbocycles. The van der Waals surface area contributed by atoms with Gasteiger partial charge in [0.15, 0.2) is 0 Å². The summed E-state index contributed by atoms with van der Waals surface area (Å²) in [6.07, 6.45) is 0. The Labute approximate surface area is 182 Å². The van der Waals surface area contributed by atoms with E-state index in [9.17, 15) is 30.3 Å². The van der Waals surface area contributed by atoms with E-state index in [1.54, 1.807) is 0 Å². The third-order valence-corrected chi connectivity index (χ3v) is 7.55. The standard InChI is InChI=1S/C20H9N3O6S2/c24-21(25)10-5-6-12-13(7-10)19(20-30-16-3-1-2-4-17(16)31-20)14-8-11(22(26)27)9-15(18(12)14)23(28)29/h1-9H. The van der Waals surface area contributed by atoms with Crippen molar-refractivity contribution in [3.05, 3.63) is 100 Å². The molecule has 0 N–H and O–H groups in total. The first-order chi connectivity index (χ1) is 14.8. The van der Waals surface area contributed by atoms with Gasteiger partial charge in [0.25, 0.3) is 17.1 Å². The monoisotopic (exact) mass is 451 g/mol. The van der Waals surface area contributed by atoms with Crippen LogP contribution in [0.3, 0.4) is 0 Å². The Bertz CT molecular complexity index is 1360. The molecule has 1 aliphatic heterocycles. The summed E-state index contributed by atoms with van der Waals surface area (Å²) in [6.45, 7) is 0. The molecule has 2 aliphatic rings. The van der Waals surface area contributed by atoms with Crippen molar-refractivity contribution >= 4 is 46.2 Å². The maximum Gasteiger partial charge on any atom is 0.284 e. The fraction of sp³-hybridized carbons (Fsp3) is 0. The fourth-order valence-corrected chi connectivity index (χ4v) is 6.35. The van der Waals surface area contributed by atoms with E-state index >= 15 is 0 Å². The number of rotatable bonds is 3. The van der Waals surface area contributed by atoms with Crippen LogP contribution >= 0.6 is 23.5 Å². The van der Waals surface area contributed by atoms with E-state index in [4.69, 9.17) is 0 Å². The lowest BCUT2D eigenvalue weighted by molar-refractivity contribution is -0.393. The summed E-state index contributed by atoms with van der Waals surface area (Å²) in [6, 6.07) is 14.0. The van der Waals surface area contributed by atoms with E-state index in [-0.39, 0.29) is 11.3 Å². The predicted molar refractivity (Wildman–Crippen MR) is 116 cm³/mol. The van der Waals surface area contributed by atoms with Crippen LogP contribution in [0.2, 0.25) is 0 Å². The van der Waals surface area contributed by atoms with Crippen molar-refractivity contribution in [2.24, 2.45) is 0 Å². The van der Waals surface area contributed by atoms with E-state index in [0.29, 0.717) is 22.3 Å². The second-order valence-corrected chi connectivity index (χ2v) is 9.06. The topological polar surface area (TPSA) is 129 Å². The molecule has 0 unspecified atom stereocenters. The molecule has 31 heavy (non-hydrogen) atoms. The van der Waals surface area contributed by atoms with Crippen molar-refractivity contribution in [2.45, 2.75) is 9.79 Å². The number of hydrogen-bond acceptors (Lipinski definition) is 8. The normalized spacial score (nSPS) is 13.5. The van der Waals surface area contributed by atoms with E-state index < -0.39 is 26.1 Å². The van der Waals surface area contributed by atoms with Gasteiger partial charge in [0.2, 0.25) is 0 Å². The van der Waals surface area contributed by atoms with Crippen molar-refractivity contribution in [3.63, 3.8) is 0 Å². The predicted octanol–water partition coefficient (Wildman–Crippen LogP) is 6.01. The van der Waals surface area contributed by atoms with E-state index in [1.807, 2.05) is 24.3 Å². The molecule has 0 amide bonds. The summed E-state index contributed by atoms with van der Waals surface area (Å²) in [5.74, 6) is 0. The number of nitro benzene ring substituents is 3. The van der Waals surface area contributed by atoms with E-state index in [2.05, 4.69) is 0 Å². The van der Waals surface area contributed by atoms with Gasteiger partial charge in [-0.05, 0) is 29.3 Å². The van der Waals surface area contributed by atoms with Crippen LogP contribution in [0.1, 0.15) is 11.1 Å². The molecule has 5 rings (SSSR count). The largest absolute Gasteiger partial charge is 0.284 e. The molecule has 0 atom stereocenters. The maximum atomic E-state index is 11.8. The van der Waals surface area contributed by atoms with Gasteiger partial charge in [0.1, 0.15) is 0 Å².